The molecule has 0 fully saturated rings. The van der Waals surface area contributed by atoms with E-state index in [2.05, 4.69) is 0 Å². The largest absolute Gasteiger partial charge is 0.208 e. The molecule has 0 unspecified atom stereocenters. The Labute approximate surface area is 115 Å². The summed E-state index contributed by atoms with van der Waals surface area (Å²) in [5.74, 6) is -11.4. The third-order valence-corrected chi connectivity index (χ3v) is 3.00. The standard InChI is InChI=1S/C13H6BF7/c1-4-2-5(15)8(12(20)10(4)18)14-9-6(16)3-7(17)11(19)13(9)21/h2-3,14H,1H3. The smallest absolute Gasteiger partial charge is 0.207 e. The lowest BCUT2D eigenvalue weighted by Crippen LogP contribution is -2.38. The molecule has 0 bridgehead atoms. The molecular formula is C13H6BF7. The van der Waals surface area contributed by atoms with Crippen LogP contribution in [0.1, 0.15) is 5.56 Å². The first-order valence-electron chi connectivity index (χ1n) is 5.68. The average Bonchev–Trinajstić information content (AvgIpc) is 2.42. The number of hydrogen-bond donors (Lipinski definition) is 0. The van der Waals surface area contributed by atoms with E-state index in [4.69, 9.17) is 0 Å². The average molecular weight is 306 g/mol. The Bertz CT molecular complexity index is 666. The number of halogens is 7. The van der Waals surface area contributed by atoms with Crippen molar-refractivity contribution in [1.29, 1.82) is 0 Å². The van der Waals surface area contributed by atoms with Crippen molar-refractivity contribution in [3.63, 3.8) is 0 Å². The van der Waals surface area contributed by atoms with E-state index in [0.717, 1.165) is 6.92 Å². The fourth-order valence-electron chi connectivity index (χ4n) is 1.86. The van der Waals surface area contributed by atoms with Gasteiger partial charge in [-0.25, -0.2) is 30.7 Å². The maximum absolute atomic E-state index is 13.6. The van der Waals surface area contributed by atoms with Gasteiger partial charge in [0.25, 0.3) is 0 Å². The van der Waals surface area contributed by atoms with E-state index < -0.39 is 58.9 Å². The summed E-state index contributed by atoms with van der Waals surface area (Å²) < 4.78 is 93.3. The number of aryl methyl sites for hydroxylation is 1. The molecule has 21 heavy (non-hydrogen) atoms. The molecule has 0 aliphatic rings. The van der Waals surface area contributed by atoms with Crippen molar-refractivity contribution in [2.45, 2.75) is 6.92 Å². The second kappa shape index (κ2) is 5.42. The second-order valence-electron chi connectivity index (χ2n) is 4.41. The third kappa shape index (κ3) is 2.62. The lowest BCUT2D eigenvalue weighted by atomic mass is 9.62. The molecule has 0 aromatic heterocycles. The molecule has 0 N–H and O–H groups in total. The first kappa shape index (κ1) is 15.4. The van der Waals surface area contributed by atoms with Crippen LogP contribution < -0.4 is 10.9 Å². The molecule has 0 saturated carbocycles. The van der Waals surface area contributed by atoms with Gasteiger partial charge in [-0.15, -0.1) is 0 Å². The number of rotatable bonds is 2. The van der Waals surface area contributed by atoms with E-state index in [0.29, 0.717) is 6.07 Å². The van der Waals surface area contributed by atoms with Gasteiger partial charge in [0, 0.05) is 6.07 Å². The number of hydrogen-bond acceptors (Lipinski definition) is 0. The quantitative estimate of drug-likeness (QED) is 0.346. The van der Waals surface area contributed by atoms with Gasteiger partial charge in [-0.05, 0) is 29.5 Å². The molecule has 0 saturated heterocycles. The zero-order valence-electron chi connectivity index (χ0n) is 10.5. The van der Waals surface area contributed by atoms with Crippen molar-refractivity contribution in [2.24, 2.45) is 0 Å². The van der Waals surface area contributed by atoms with Gasteiger partial charge in [0.1, 0.15) is 11.6 Å². The maximum Gasteiger partial charge on any atom is 0.208 e. The van der Waals surface area contributed by atoms with Gasteiger partial charge in [-0.3, -0.25) is 0 Å². The highest BCUT2D eigenvalue weighted by Crippen LogP contribution is 2.13. The molecule has 110 valence electrons. The minimum Gasteiger partial charge on any atom is -0.207 e. The van der Waals surface area contributed by atoms with E-state index in [-0.39, 0.29) is 11.6 Å². The summed E-state index contributed by atoms with van der Waals surface area (Å²) in [4.78, 5) is 0. The molecule has 0 spiro atoms. The molecule has 0 heterocycles. The minimum atomic E-state index is -1.97. The minimum absolute atomic E-state index is 0.0497. The second-order valence-corrected chi connectivity index (χ2v) is 4.41. The first-order valence-corrected chi connectivity index (χ1v) is 5.68. The molecule has 2 aromatic rings. The van der Waals surface area contributed by atoms with Crippen molar-refractivity contribution in [3.8, 4) is 0 Å². The molecule has 2 rings (SSSR count). The Morgan fingerprint density at radius 3 is 1.67 bits per heavy atom. The van der Waals surface area contributed by atoms with Crippen molar-refractivity contribution in [3.05, 3.63) is 58.4 Å². The Morgan fingerprint density at radius 1 is 0.619 bits per heavy atom. The van der Waals surface area contributed by atoms with Crippen LogP contribution >= 0.6 is 0 Å². The van der Waals surface area contributed by atoms with E-state index in [1.54, 1.807) is 0 Å². The van der Waals surface area contributed by atoms with Crippen molar-refractivity contribution in [1.82, 2.24) is 0 Å². The molecule has 2 aromatic carbocycles. The van der Waals surface area contributed by atoms with Crippen LogP contribution in [-0.4, -0.2) is 7.28 Å². The predicted octanol–water partition coefficient (Wildman–Crippen LogP) is 2.36. The molecule has 0 aliphatic carbocycles. The normalized spacial score (nSPS) is 10.9. The summed E-state index contributed by atoms with van der Waals surface area (Å²) in [5.41, 5.74) is -2.39. The Hall–Kier alpha value is -1.99. The van der Waals surface area contributed by atoms with E-state index >= 15 is 0 Å². The van der Waals surface area contributed by atoms with Crippen molar-refractivity contribution in [2.75, 3.05) is 0 Å². The van der Waals surface area contributed by atoms with E-state index in [1.807, 2.05) is 0 Å². The molecule has 8 heteroatoms. The highest BCUT2D eigenvalue weighted by molar-refractivity contribution is 6.67. The lowest BCUT2D eigenvalue weighted by Gasteiger charge is -2.09. The predicted molar refractivity (Wildman–Crippen MR) is 63.7 cm³/mol. The van der Waals surface area contributed by atoms with Gasteiger partial charge >= 0.3 is 0 Å². The van der Waals surface area contributed by atoms with Gasteiger partial charge in [0.15, 0.2) is 29.1 Å². The molecule has 0 atom stereocenters. The van der Waals surface area contributed by atoms with Crippen LogP contribution in [0.2, 0.25) is 0 Å². The highest BCUT2D eigenvalue weighted by atomic mass is 19.2. The van der Waals surface area contributed by atoms with Gasteiger partial charge in [0.2, 0.25) is 7.28 Å². The highest BCUT2D eigenvalue weighted by Gasteiger charge is 2.24. The fourth-order valence-corrected chi connectivity index (χ4v) is 1.86. The topological polar surface area (TPSA) is 0 Å². The van der Waals surface area contributed by atoms with Gasteiger partial charge in [0.05, 0.1) is 0 Å². The van der Waals surface area contributed by atoms with Gasteiger partial charge in [-0.1, -0.05) is 0 Å². The van der Waals surface area contributed by atoms with Crippen LogP contribution in [-0.2, 0) is 0 Å². The summed E-state index contributed by atoms with van der Waals surface area (Å²) >= 11 is 0. The summed E-state index contributed by atoms with van der Waals surface area (Å²) in [5, 5.41) is 0. The van der Waals surface area contributed by atoms with Crippen LogP contribution in [0.3, 0.4) is 0 Å². The SMILES string of the molecule is Cc1cc(F)c(Bc2c(F)cc(F)c(F)c2F)c(F)c1F. The summed E-state index contributed by atoms with van der Waals surface area (Å²) in [6.45, 7) is 1.10. The molecule has 0 nitrogen and oxygen atoms in total. The van der Waals surface area contributed by atoms with Gasteiger partial charge < -0.3 is 0 Å². The van der Waals surface area contributed by atoms with E-state index in [9.17, 15) is 30.7 Å². The number of benzene rings is 2. The maximum atomic E-state index is 13.6. The Morgan fingerprint density at radius 2 is 1.10 bits per heavy atom. The first-order chi connectivity index (χ1) is 9.73. The zero-order chi connectivity index (χ0) is 15.9. The van der Waals surface area contributed by atoms with Crippen LogP contribution in [0.15, 0.2) is 12.1 Å². The zero-order valence-corrected chi connectivity index (χ0v) is 10.5. The van der Waals surface area contributed by atoms with Crippen molar-refractivity contribution < 1.29 is 30.7 Å². The monoisotopic (exact) mass is 306 g/mol. The van der Waals surface area contributed by atoms with Crippen LogP contribution in [0.25, 0.3) is 0 Å². The van der Waals surface area contributed by atoms with Crippen LogP contribution in [0.5, 0.6) is 0 Å². The Balaban J connectivity index is 2.59. The summed E-state index contributed by atoms with van der Waals surface area (Å²) in [7, 11) is -1.09. The Kier molecular flexibility index (Phi) is 3.98. The molecule has 0 amide bonds. The molecular weight excluding hydrogens is 300 g/mol. The summed E-state index contributed by atoms with van der Waals surface area (Å²) in [6.07, 6.45) is 0. The van der Waals surface area contributed by atoms with E-state index in [1.165, 1.54) is 0 Å². The molecule has 0 aliphatic heterocycles. The molecule has 0 radical (unpaired) electrons. The fraction of sp³-hybridized carbons (Fsp3) is 0.0769. The lowest BCUT2D eigenvalue weighted by molar-refractivity contribution is 0.440. The summed E-state index contributed by atoms with van der Waals surface area (Å²) in [6, 6.07) is 0.692. The van der Waals surface area contributed by atoms with Crippen molar-refractivity contribution >= 4 is 18.2 Å². The van der Waals surface area contributed by atoms with Gasteiger partial charge in [-0.2, -0.15) is 0 Å². The van der Waals surface area contributed by atoms with Crippen LogP contribution in [0, 0.1) is 47.6 Å². The van der Waals surface area contributed by atoms with Crippen LogP contribution in [0.4, 0.5) is 30.7 Å². The third-order valence-electron chi connectivity index (χ3n) is 3.00.